The van der Waals surface area contributed by atoms with Crippen LogP contribution in [-0.2, 0) is 15.1 Å². The molecule has 0 saturated carbocycles. The van der Waals surface area contributed by atoms with Gasteiger partial charge in [-0.15, -0.1) is 0 Å². The van der Waals surface area contributed by atoms with E-state index in [1.165, 1.54) is 24.3 Å². The van der Waals surface area contributed by atoms with Crippen molar-refractivity contribution < 1.29 is 32.2 Å². The van der Waals surface area contributed by atoms with Crippen LogP contribution in [0.4, 0.5) is 22.8 Å². The molecular formula is C31H33F3N2O4. The largest absolute Gasteiger partial charge is 0.444 e. The minimum absolute atomic E-state index is 0.177. The van der Waals surface area contributed by atoms with Crippen LogP contribution in [-0.4, -0.2) is 35.8 Å². The first-order valence-electron chi connectivity index (χ1n) is 13.1. The first-order valence-corrected chi connectivity index (χ1v) is 13.1. The fourth-order valence-electron chi connectivity index (χ4n) is 4.82. The van der Waals surface area contributed by atoms with Gasteiger partial charge in [0.2, 0.25) is 0 Å². The fourth-order valence-corrected chi connectivity index (χ4v) is 4.82. The van der Waals surface area contributed by atoms with E-state index in [1.807, 2.05) is 6.92 Å². The van der Waals surface area contributed by atoms with E-state index in [9.17, 15) is 22.8 Å². The van der Waals surface area contributed by atoms with Gasteiger partial charge < -0.3 is 19.7 Å². The van der Waals surface area contributed by atoms with Crippen LogP contribution in [0.25, 0.3) is 11.1 Å². The summed E-state index contributed by atoms with van der Waals surface area (Å²) in [6.45, 7) is 7.68. The van der Waals surface area contributed by atoms with Crippen molar-refractivity contribution in [1.82, 2.24) is 10.2 Å². The predicted molar refractivity (Wildman–Crippen MR) is 145 cm³/mol. The van der Waals surface area contributed by atoms with Gasteiger partial charge in [0.05, 0.1) is 6.04 Å². The summed E-state index contributed by atoms with van der Waals surface area (Å²) in [6, 6.07) is 15.9. The Morgan fingerprint density at radius 1 is 1.02 bits per heavy atom. The molecule has 2 amide bonds. The standard InChI is InChI=1S/C31H33F3N2O4/c1-20(21-5-7-22(8-6-21)26-14-13-25(33)19-27(26)34)36-18-16-31(40-29(36)38,23-9-11-24(32)12-10-23)15-17-35-28(37)39-30(2,3)4/h5-14,19-20H,15-18H2,1-4H3,(H,35,37)/t20-,31-/m0/s1. The molecule has 1 heterocycles. The van der Waals surface area contributed by atoms with Crippen LogP contribution in [0.1, 0.15) is 57.7 Å². The normalized spacial score (nSPS) is 18.2. The molecule has 212 valence electrons. The number of hydrogen-bond acceptors (Lipinski definition) is 4. The minimum Gasteiger partial charge on any atom is -0.444 e. The average molecular weight is 555 g/mol. The fraction of sp³-hybridized carbons (Fsp3) is 0.355. The molecule has 1 fully saturated rings. The Bertz CT molecular complexity index is 1360. The van der Waals surface area contributed by atoms with Crippen LogP contribution in [0.3, 0.4) is 0 Å². The average Bonchev–Trinajstić information content (AvgIpc) is 2.88. The van der Waals surface area contributed by atoms with Crippen molar-refractivity contribution >= 4 is 12.2 Å². The second-order valence-electron chi connectivity index (χ2n) is 10.9. The number of benzene rings is 3. The van der Waals surface area contributed by atoms with Crippen molar-refractivity contribution in [3.05, 3.63) is 95.3 Å². The summed E-state index contributed by atoms with van der Waals surface area (Å²) in [7, 11) is 0. The number of nitrogens with one attached hydrogen (secondary N) is 1. The lowest BCUT2D eigenvalue weighted by Crippen LogP contribution is -2.50. The molecule has 0 aromatic heterocycles. The molecule has 1 aliphatic rings. The number of carbonyl (C=O) groups is 2. The summed E-state index contributed by atoms with van der Waals surface area (Å²) in [5, 5.41) is 2.71. The van der Waals surface area contributed by atoms with Gasteiger partial charge in [-0.05, 0) is 68.7 Å². The van der Waals surface area contributed by atoms with E-state index in [0.29, 0.717) is 24.1 Å². The van der Waals surface area contributed by atoms with Crippen LogP contribution < -0.4 is 5.32 Å². The van der Waals surface area contributed by atoms with Crippen molar-refractivity contribution in [3.63, 3.8) is 0 Å². The zero-order chi connectivity index (χ0) is 29.1. The summed E-state index contributed by atoms with van der Waals surface area (Å²) in [5.74, 6) is -1.71. The highest BCUT2D eigenvalue weighted by Gasteiger charge is 2.43. The van der Waals surface area contributed by atoms with Crippen LogP contribution >= 0.6 is 0 Å². The van der Waals surface area contributed by atoms with E-state index in [0.717, 1.165) is 11.6 Å². The summed E-state index contributed by atoms with van der Waals surface area (Å²) >= 11 is 0. The first-order chi connectivity index (χ1) is 18.9. The first kappa shape index (κ1) is 29.0. The molecule has 9 heteroatoms. The van der Waals surface area contributed by atoms with Crippen LogP contribution in [0.5, 0.6) is 0 Å². The molecule has 0 spiro atoms. The number of amides is 2. The number of cyclic esters (lactones) is 1. The van der Waals surface area contributed by atoms with E-state index in [2.05, 4.69) is 5.32 Å². The van der Waals surface area contributed by atoms with E-state index in [-0.39, 0.29) is 24.6 Å². The monoisotopic (exact) mass is 554 g/mol. The number of carbonyl (C=O) groups excluding carboxylic acids is 2. The van der Waals surface area contributed by atoms with Gasteiger partial charge in [-0.2, -0.15) is 0 Å². The molecular weight excluding hydrogens is 521 g/mol. The Labute approximate surface area is 232 Å². The zero-order valence-electron chi connectivity index (χ0n) is 23.0. The van der Waals surface area contributed by atoms with E-state index in [1.54, 1.807) is 62.1 Å². The van der Waals surface area contributed by atoms with E-state index in [4.69, 9.17) is 9.47 Å². The number of nitrogens with zero attached hydrogens (tertiary/aromatic N) is 1. The SMILES string of the molecule is C[C@@H](c1ccc(-c2ccc(F)cc2F)cc1)N1CC[C@@](CCNC(=O)OC(C)(C)C)(c2ccc(F)cc2)OC1=O. The molecule has 6 nitrogen and oxygen atoms in total. The van der Waals surface area contributed by atoms with Gasteiger partial charge in [0.15, 0.2) is 0 Å². The van der Waals surface area contributed by atoms with Gasteiger partial charge in [0, 0.05) is 37.6 Å². The molecule has 1 aliphatic heterocycles. The number of alkyl carbamates (subject to hydrolysis) is 1. The predicted octanol–water partition coefficient (Wildman–Crippen LogP) is 7.48. The summed E-state index contributed by atoms with van der Waals surface area (Å²) in [4.78, 5) is 27.1. The van der Waals surface area contributed by atoms with Crippen molar-refractivity contribution in [2.45, 2.75) is 57.8 Å². The van der Waals surface area contributed by atoms with Crippen LogP contribution in [0.2, 0.25) is 0 Å². The lowest BCUT2D eigenvalue weighted by atomic mass is 9.85. The Morgan fingerprint density at radius 2 is 1.68 bits per heavy atom. The molecule has 4 rings (SSSR count). The number of ether oxygens (including phenoxy) is 2. The Hall–Kier alpha value is -4.01. The van der Waals surface area contributed by atoms with Gasteiger partial charge in [-0.3, -0.25) is 0 Å². The maximum Gasteiger partial charge on any atom is 0.411 e. The smallest absolute Gasteiger partial charge is 0.411 e. The third kappa shape index (κ3) is 6.76. The maximum atomic E-state index is 14.2. The molecule has 40 heavy (non-hydrogen) atoms. The highest BCUT2D eigenvalue weighted by atomic mass is 19.1. The van der Waals surface area contributed by atoms with Gasteiger partial charge in [-0.25, -0.2) is 22.8 Å². The second-order valence-corrected chi connectivity index (χ2v) is 10.9. The van der Waals surface area contributed by atoms with Gasteiger partial charge in [-0.1, -0.05) is 36.4 Å². The van der Waals surface area contributed by atoms with Crippen LogP contribution in [0.15, 0.2) is 66.7 Å². The highest BCUT2D eigenvalue weighted by molar-refractivity contribution is 5.71. The molecule has 2 atom stereocenters. The third-order valence-corrected chi connectivity index (χ3v) is 6.94. The Kier molecular flexibility index (Phi) is 8.42. The molecule has 0 unspecified atom stereocenters. The maximum absolute atomic E-state index is 14.2. The molecule has 0 radical (unpaired) electrons. The zero-order valence-corrected chi connectivity index (χ0v) is 23.0. The summed E-state index contributed by atoms with van der Waals surface area (Å²) in [5.41, 5.74) is 0.581. The van der Waals surface area contributed by atoms with E-state index >= 15 is 0 Å². The quantitative estimate of drug-likeness (QED) is 0.329. The molecule has 1 N–H and O–H groups in total. The summed E-state index contributed by atoms with van der Waals surface area (Å²) < 4.78 is 52.5. The molecule has 3 aromatic rings. The number of rotatable bonds is 7. The number of hydrogen-bond donors (Lipinski definition) is 1. The van der Waals surface area contributed by atoms with Crippen molar-refractivity contribution in [1.29, 1.82) is 0 Å². The minimum atomic E-state index is -1.07. The molecule has 3 aromatic carbocycles. The molecule has 0 bridgehead atoms. The molecule has 0 aliphatic carbocycles. The molecule has 1 saturated heterocycles. The van der Waals surface area contributed by atoms with Crippen LogP contribution in [0, 0.1) is 17.5 Å². The van der Waals surface area contributed by atoms with Crippen molar-refractivity contribution in [3.8, 4) is 11.1 Å². The van der Waals surface area contributed by atoms with Gasteiger partial charge in [0.1, 0.15) is 28.7 Å². The van der Waals surface area contributed by atoms with Crippen molar-refractivity contribution in [2.24, 2.45) is 0 Å². The van der Waals surface area contributed by atoms with Gasteiger partial charge in [0.25, 0.3) is 0 Å². The van der Waals surface area contributed by atoms with Crippen molar-refractivity contribution in [2.75, 3.05) is 13.1 Å². The Morgan fingerprint density at radius 3 is 2.27 bits per heavy atom. The van der Waals surface area contributed by atoms with Gasteiger partial charge >= 0.3 is 12.2 Å². The second kappa shape index (κ2) is 11.6. The number of halogens is 3. The topological polar surface area (TPSA) is 67.9 Å². The summed E-state index contributed by atoms with van der Waals surface area (Å²) in [6.07, 6.45) is -0.454. The lowest BCUT2D eigenvalue weighted by Gasteiger charge is -2.43. The highest BCUT2D eigenvalue weighted by Crippen LogP contribution is 2.40. The third-order valence-electron chi connectivity index (χ3n) is 6.94. The lowest BCUT2D eigenvalue weighted by molar-refractivity contribution is -0.0650. The Balaban J connectivity index is 1.48. The van der Waals surface area contributed by atoms with E-state index < -0.39 is 40.8 Å².